The third-order valence-electron chi connectivity index (χ3n) is 9.29. The van der Waals surface area contributed by atoms with Crippen LogP contribution in [-0.4, -0.2) is 47.7 Å². The molecule has 4 rings (SSSR count). The first kappa shape index (κ1) is 20.1. The molecular weight excluding hydrogens is 338 g/mol. The Labute approximate surface area is 165 Å². The Morgan fingerprint density at radius 3 is 2.44 bits per heavy atom. The zero-order valence-electron chi connectivity index (χ0n) is 18.2. The monoisotopic (exact) mass is 379 g/mol. The molecular formula is C23H41NO3. The summed E-state index contributed by atoms with van der Waals surface area (Å²) in [6, 6.07) is 0.617. The second-order valence-electron chi connectivity index (χ2n) is 10.8. The summed E-state index contributed by atoms with van der Waals surface area (Å²) < 4.78 is 12.7. The fraction of sp³-hybridized carbons (Fsp3) is 1.00. The Balaban J connectivity index is 1.63. The van der Waals surface area contributed by atoms with Gasteiger partial charge in [-0.05, 0) is 56.8 Å². The second-order valence-corrected chi connectivity index (χ2v) is 10.8. The zero-order valence-corrected chi connectivity index (χ0v) is 18.2. The lowest BCUT2D eigenvalue weighted by atomic mass is 9.61. The molecule has 0 amide bonds. The van der Waals surface area contributed by atoms with Crippen LogP contribution in [0.1, 0.15) is 73.1 Å². The number of aliphatic hydroxyl groups excluding tert-OH is 1. The van der Waals surface area contributed by atoms with Crippen molar-refractivity contribution in [2.75, 3.05) is 7.11 Å². The van der Waals surface area contributed by atoms with Crippen LogP contribution in [0.3, 0.4) is 0 Å². The molecule has 2 saturated carbocycles. The molecule has 0 bridgehead atoms. The highest BCUT2D eigenvalue weighted by molar-refractivity contribution is 5.17. The Morgan fingerprint density at radius 1 is 1.07 bits per heavy atom. The number of fused-ring (bicyclic) bond motifs is 3. The molecule has 2 N–H and O–H groups in total. The van der Waals surface area contributed by atoms with Crippen LogP contribution >= 0.6 is 0 Å². The minimum absolute atomic E-state index is 0.118. The van der Waals surface area contributed by atoms with Gasteiger partial charge in [0.05, 0.1) is 17.8 Å². The van der Waals surface area contributed by atoms with E-state index in [9.17, 15) is 5.11 Å². The molecule has 2 aliphatic heterocycles. The molecule has 4 fully saturated rings. The average Bonchev–Trinajstić information content (AvgIpc) is 2.95. The normalized spacial score (nSPS) is 58.6. The van der Waals surface area contributed by atoms with Crippen LogP contribution in [0, 0.1) is 29.6 Å². The highest BCUT2D eigenvalue weighted by Crippen LogP contribution is 2.55. The lowest BCUT2D eigenvalue weighted by molar-refractivity contribution is -0.164. The molecule has 2 heterocycles. The molecule has 0 radical (unpaired) electrons. The molecule has 4 nitrogen and oxygen atoms in total. The van der Waals surface area contributed by atoms with Crippen molar-refractivity contribution in [1.82, 2.24) is 5.32 Å². The Morgan fingerprint density at radius 2 is 1.78 bits per heavy atom. The van der Waals surface area contributed by atoms with Crippen molar-refractivity contribution < 1.29 is 14.6 Å². The van der Waals surface area contributed by atoms with Crippen LogP contribution in [0.25, 0.3) is 0 Å². The van der Waals surface area contributed by atoms with E-state index in [1.807, 2.05) is 7.11 Å². The average molecular weight is 380 g/mol. The topological polar surface area (TPSA) is 50.7 Å². The maximum atomic E-state index is 11.2. The van der Waals surface area contributed by atoms with Gasteiger partial charge in [-0.2, -0.15) is 0 Å². The van der Waals surface area contributed by atoms with Gasteiger partial charge in [-0.1, -0.05) is 40.0 Å². The van der Waals surface area contributed by atoms with Gasteiger partial charge < -0.3 is 19.9 Å². The summed E-state index contributed by atoms with van der Waals surface area (Å²) in [4.78, 5) is 0. The number of aliphatic hydroxyl groups is 1. The molecule has 4 heteroatoms. The van der Waals surface area contributed by atoms with Crippen LogP contribution < -0.4 is 5.32 Å². The van der Waals surface area contributed by atoms with E-state index in [-0.39, 0.29) is 23.9 Å². The van der Waals surface area contributed by atoms with Gasteiger partial charge in [0.25, 0.3) is 0 Å². The molecule has 0 aromatic rings. The summed E-state index contributed by atoms with van der Waals surface area (Å²) in [6.45, 7) is 11.5. The van der Waals surface area contributed by atoms with E-state index in [1.165, 1.54) is 25.7 Å². The molecule has 11 unspecified atom stereocenters. The van der Waals surface area contributed by atoms with Gasteiger partial charge in [0.1, 0.15) is 5.60 Å². The van der Waals surface area contributed by atoms with Crippen molar-refractivity contribution in [3.05, 3.63) is 0 Å². The molecule has 0 aromatic carbocycles. The van der Waals surface area contributed by atoms with E-state index in [1.54, 1.807) is 0 Å². The zero-order chi connectivity index (χ0) is 19.6. The summed E-state index contributed by atoms with van der Waals surface area (Å²) in [6.07, 6.45) is 7.00. The standard InChI is InChI=1S/C23H41NO3/c1-13-9-7-8-10-16(13)17-11-18(25)23(5)21(24-17)19-15(3)22(4,26-6)12-14(2)20(19)27-23/h13-21,24-25H,7-12H2,1-6H3. The minimum Gasteiger partial charge on any atom is -0.390 e. The van der Waals surface area contributed by atoms with Gasteiger partial charge in [-0.3, -0.25) is 0 Å². The SMILES string of the molecule is COC1(C)CC(C)C2OC3(C)C(O)CC(C4CCCCC4C)NC3C2C1C. The summed E-state index contributed by atoms with van der Waals surface area (Å²) in [5.74, 6) is 2.66. The third-order valence-corrected chi connectivity index (χ3v) is 9.29. The molecule has 156 valence electrons. The van der Waals surface area contributed by atoms with Crippen LogP contribution in [0.2, 0.25) is 0 Å². The first-order chi connectivity index (χ1) is 12.7. The largest absolute Gasteiger partial charge is 0.390 e. The van der Waals surface area contributed by atoms with Gasteiger partial charge >= 0.3 is 0 Å². The summed E-state index contributed by atoms with van der Waals surface area (Å²) in [5.41, 5.74) is -0.599. The molecule has 27 heavy (non-hydrogen) atoms. The molecule has 2 saturated heterocycles. The first-order valence-electron chi connectivity index (χ1n) is 11.4. The Bertz CT molecular complexity index is 556. The summed E-state index contributed by atoms with van der Waals surface area (Å²) in [5, 5.41) is 15.3. The number of piperidine rings is 1. The van der Waals surface area contributed by atoms with Gasteiger partial charge in [0, 0.05) is 25.1 Å². The number of ether oxygens (including phenoxy) is 2. The van der Waals surface area contributed by atoms with Crippen molar-refractivity contribution in [3.63, 3.8) is 0 Å². The van der Waals surface area contributed by atoms with Gasteiger partial charge in [-0.15, -0.1) is 0 Å². The predicted molar refractivity (Wildman–Crippen MR) is 108 cm³/mol. The molecule has 0 aromatic heterocycles. The van der Waals surface area contributed by atoms with E-state index in [4.69, 9.17) is 9.47 Å². The number of nitrogens with one attached hydrogen (secondary N) is 1. The van der Waals surface area contributed by atoms with Gasteiger partial charge in [0.2, 0.25) is 0 Å². The van der Waals surface area contributed by atoms with E-state index >= 15 is 0 Å². The number of hydrogen-bond donors (Lipinski definition) is 2. The predicted octanol–water partition coefficient (Wildman–Crippen LogP) is 3.76. The fourth-order valence-electron chi connectivity index (χ4n) is 7.28. The summed E-state index contributed by atoms with van der Waals surface area (Å²) in [7, 11) is 1.86. The minimum atomic E-state index is -0.481. The summed E-state index contributed by atoms with van der Waals surface area (Å²) >= 11 is 0. The van der Waals surface area contributed by atoms with Crippen molar-refractivity contribution in [3.8, 4) is 0 Å². The van der Waals surface area contributed by atoms with Gasteiger partial charge in [-0.25, -0.2) is 0 Å². The number of rotatable bonds is 2. The lowest BCUT2D eigenvalue weighted by Gasteiger charge is -2.51. The quantitative estimate of drug-likeness (QED) is 0.767. The molecule has 11 atom stereocenters. The van der Waals surface area contributed by atoms with E-state index < -0.39 is 5.60 Å². The van der Waals surface area contributed by atoms with E-state index in [0.29, 0.717) is 29.7 Å². The Hall–Kier alpha value is -0.160. The second kappa shape index (κ2) is 6.97. The third kappa shape index (κ3) is 3.01. The molecule has 0 spiro atoms. The van der Waals surface area contributed by atoms with Crippen molar-refractivity contribution >= 4 is 0 Å². The van der Waals surface area contributed by atoms with E-state index in [2.05, 4.69) is 39.9 Å². The smallest absolute Gasteiger partial charge is 0.107 e. The van der Waals surface area contributed by atoms with Crippen LogP contribution in [-0.2, 0) is 9.47 Å². The van der Waals surface area contributed by atoms with Crippen molar-refractivity contribution in [1.29, 1.82) is 0 Å². The van der Waals surface area contributed by atoms with Gasteiger partial charge in [0.15, 0.2) is 0 Å². The maximum Gasteiger partial charge on any atom is 0.107 e. The van der Waals surface area contributed by atoms with Crippen molar-refractivity contribution in [2.24, 2.45) is 29.6 Å². The van der Waals surface area contributed by atoms with E-state index in [0.717, 1.165) is 18.8 Å². The highest BCUT2D eigenvalue weighted by atomic mass is 16.5. The molecule has 2 aliphatic carbocycles. The van der Waals surface area contributed by atoms with Crippen molar-refractivity contribution in [2.45, 2.75) is 109 Å². The van der Waals surface area contributed by atoms with Crippen LogP contribution in [0.4, 0.5) is 0 Å². The molecule has 4 aliphatic rings. The fourth-order valence-corrected chi connectivity index (χ4v) is 7.28. The number of methoxy groups -OCH3 is 1. The number of hydrogen-bond acceptors (Lipinski definition) is 4. The van der Waals surface area contributed by atoms with Crippen LogP contribution in [0.15, 0.2) is 0 Å². The van der Waals surface area contributed by atoms with Crippen LogP contribution in [0.5, 0.6) is 0 Å². The Kier molecular flexibility index (Phi) is 5.19. The maximum absolute atomic E-state index is 11.2. The lowest BCUT2D eigenvalue weighted by Crippen LogP contribution is -2.67. The highest BCUT2D eigenvalue weighted by Gasteiger charge is 2.65. The first-order valence-corrected chi connectivity index (χ1v) is 11.4.